The van der Waals surface area contributed by atoms with Gasteiger partial charge in [0.25, 0.3) is 0 Å². The van der Waals surface area contributed by atoms with Crippen LogP contribution < -0.4 is 10.0 Å². The minimum Gasteiger partial charge on any atom is -0.426 e. The van der Waals surface area contributed by atoms with Crippen molar-refractivity contribution in [3.05, 3.63) is 29.9 Å². The fraction of sp³-hybridized carbons (Fsp3) is 0.588. The molecule has 26 heavy (non-hydrogen) atoms. The zero-order valence-electron chi connectivity index (χ0n) is 15.3. The molecule has 0 radical (unpaired) electrons. The number of rotatable bonds is 4. The van der Waals surface area contributed by atoms with E-state index in [-0.39, 0.29) is 30.7 Å². The number of hydrogen-bond acceptors (Lipinski definition) is 1. The van der Waals surface area contributed by atoms with Crippen LogP contribution in [0.5, 0.6) is 5.75 Å². The van der Waals surface area contributed by atoms with E-state index in [0.717, 1.165) is 17.4 Å². The number of ether oxygens (including phenoxy) is 1. The van der Waals surface area contributed by atoms with Crippen molar-refractivity contribution in [1.82, 2.24) is 0 Å². The molecule has 0 aromatic heterocycles. The molecule has 0 N–H and O–H groups in total. The first-order valence-corrected chi connectivity index (χ1v) is 9.87. The van der Waals surface area contributed by atoms with Gasteiger partial charge >= 0.3 is 12.3 Å². The molecule has 0 spiro atoms. The summed E-state index contributed by atoms with van der Waals surface area (Å²) in [4.78, 5) is 0. The number of benzene rings is 1. The van der Waals surface area contributed by atoms with Gasteiger partial charge in [-0.05, 0) is 65.8 Å². The maximum Gasteiger partial charge on any atom is 0.499 e. The van der Waals surface area contributed by atoms with Gasteiger partial charge in [0, 0.05) is 20.4 Å². The Labute approximate surface area is 171 Å². The van der Waals surface area contributed by atoms with Crippen LogP contribution in [0.25, 0.3) is 0 Å². The minimum absolute atomic E-state index is 0. The molecule has 0 fully saturated rings. The molecule has 1 rings (SSSR count). The molecule has 0 amide bonds. The van der Waals surface area contributed by atoms with Crippen LogP contribution in [0, 0.1) is 5.62 Å². The quantitative estimate of drug-likeness (QED) is 0.187. The fourth-order valence-electron chi connectivity index (χ4n) is 3.09. The van der Waals surface area contributed by atoms with E-state index in [1.165, 1.54) is 12.1 Å². The van der Waals surface area contributed by atoms with Crippen molar-refractivity contribution in [2.75, 3.05) is 0 Å². The molecule has 9 heteroatoms. The zero-order valence-corrected chi connectivity index (χ0v) is 18.5. The molecule has 0 aliphatic rings. The summed E-state index contributed by atoms with van der Waals surface area (Å²) in [6.45, 7) is 12.2. The van der Waals surface area contributed by atoms with E-state index in [0.29, 0.717) is 0 Å². The van der Waals surface area contributed by atoms with Gasteiger partial charge in [0.05, 0.1) is 15.6 Å². The van der Waals surface area contributed by atoms with Gasteiger partial charge < -0.3 is 16.3 Å². The predicted octanol–water partition coefficient (Wildman–Crippen LogP) is 6.82. The first-order chi connectivity index (χ1) is 11.0. The Balaban J connectivity index is 0.00000625. The standard InChI is InChI=1S/C17H23ClF5OP.Pd/c1-14(2,3)25(11-18,15(4,5)6)13-9-7-12(8-10-13)24-17(22,23)16(19,20)21;/h7-11H,1-6H3;. The van der Waals surface area contributed by atoms with Gasteiger partial charge in [-0.2, -0.15) is 22.0 Å². The van der Waals surface area contributed by atoms with Gasteiger partial charge in [0.1, 0.15) is 5.75 Å². The van der Waals surface area contributed by atoms with Gasteiger partial charge in [-0.3, -0.25) is 0 Å². The molecule has 1 aromatic carbocycles. The summed E-state index contributed by atoms with van der Waals surface area (Å²) in [7, 11) is -2.13. The normalized spacial score (nSPS) is 14.0. The smallest absolute Gasteiger partial charge is 0.426 e. The van der Waals surface area contributed by atoms with Gasteiger partial charge in [0.15, 0.2) is 0 Å². The summed E-state index contributed by atoms with van der Waals surface area (Å²) in [5.41, 5.74) is 1.65. The SMILES string of the molecule is CC(C)(C)[P+]([CH-]Cl)(c1ccc(OC(F)(F)C(F)(F)F)cc1)C(C)(C)C.[Pd]. The monoisotopic (exact) mass is 510 g/mol. The average Bonchev–Trinajstić information content (AvgIpc) is 2.37. The Morgan fingerprint density at radius 1 is 0.846 bits per heavy atom. The van der Waals surface area contributed by atoms with Crippen LogP contribution in [0.1, 0.15) is 41.5 Å². The van der Waals surface area contributed by atoms with Gasteiger partial charge in [0.2, 0.25) is 0 Å². The third-order valence-corrected chi connectivity index (χ3v) is 10.6. The van der Waals surface area contributed by atoms with Crippen LogP contribution >= 0.6 is 18.9 Å². The first kappa shape index (κ1) is 26.1. The Kier molecular flexibility index (Phi) is 8.21. The molecule has 0 saturated carbocycles. The fourth-order valence-corrected chi connectivity index (χ4v) is 10.1. The summed E-state index contributed by atoms with van der Waals surface area (Å²) >= 11 is 6.26. The predicted molar refractivity (Wildman–Crippen MR) is 94.3 cm³/mol. The molecule has 0 unspecified atom stereocenters. The average molecular weight is 511 g/mol. The number of halogens is 6. The van der Waals surface area contributed by atoms with Crippen molar-refractivity contribution < 1.29 is 47.1 Å². The van der Waals surface area contributed by atoms with Crippen molar-refractivity contribution in [2.45, 2.75) is 64.1 Å². The van der Waals surface area contributed by atoms with Crippen LogP contribution in [-0.4, -0.2) is 22.6 Å². The summed E-state index contributed by atoms with van der Waals surface area (Å²) < 4.78 is 66.7. The summed E-state index contributed by atoms with van der Waals surface area (Å²) in [6.07, 6.45) is -11.0. The van der Waals surface area contributed by atoms with Crippen molar-refractivity contribution in [3.63, 3.8) is 0 Å². The minimum atomic E-state index is -5.77. The Morgan fingerprint density at radius 2 is 1.23 bits per heavy atom. The third-order valence-electron chi connectivity index (χ3n) is 4.08. The molecule has 0 atom stereocenters. The molecule has 1 nitrogen and oxygen atoms in total. The first-order valence-electron chi connectivity index (χ1n) is 7.57. The van der Waals surface area contributed by atoms with E-state index in [9.17, 15) is 22.0 Å². The van der Waals surface area contributed by atoms with E-state index in [2.05, 4.69) is 4.74 Å². The second-order valence-corrected chi connectivity index (χ2v) is 13.2. The van der Waals surface area contributed by atoms with Gasteiger partial charge in [-0.15, -0.1) is 0 Å². The van der Waals surface area contributed by atoms with E-state index in [4.69, 9.17) is 11.6 Å². The third kappa shape index (κ3) is 4.90. The Hall–Kier alpha value is 0.0523. The Morgan fingerprint density at radius 3 is 1.50 bits per heavy atom. The molecule has 0 aliphatic heterocycles. The van der Waals surface area contributed by atoms with Crippen LogP contribution in [0.2, 0.25) is 0 Å². The maximum absolute atomic E-state index is 13.0. The molecule has 1 aromatic rings. The van der Waals surface area contributed by atoms with Crippen molar-refractivity contribution in [3.8, 4) is 5.75 Å². The summed E-state index contributed by atoms with van der Waals surface area (Å²) in [5.74, 6) is -0.554. The Bertz CT molecular complexity index is 577. The van der Waals surface area contributed by atoms with Gasteiger partial charge in [-0.25, -0.2) is 0 Å². The molecular formula is C17H23ClF5OPPd. The van der Waals surface area contributed by atoms with Crippen LogP contribution in [-0.2, 0) is 20.4 Å². The molecule has 0 bridgehead atoms. The van der Waals surface area contributed by atoms with Crippen molar-refractivity contribution in [2.24, 2.45) is 0 Å². The topological polar surface area (TPSA) is 9.23 Å². The molecule has 0 saturated heterocycles. The largest absolute Gasteiger partial charge is 0.499 e. The second-order valence-electron chi connectivity index (χ2n) is 7.77. The van der Waals surface area contributed by atoms with Crippen molar-refractivity contribution in [1.29, 1.82) is 0 Å². The molecular weight excluding hydrogens is 488 g/mol. The van der Waals surface area contributed by atoms with Crippen LogP contribution in [0.3, 0.4) is 0 Å². The van der Waals surface area contributed by atoms with E-state index in [1.807, 2.05) is 41.5 Å². The molecule has 154 valence electrons. The summed E-state index contributed by atoms with van der Waals surface area (Å²) in [5, 5.41) is 0.349. The second kappa shape index (κ2) is 8.20. The van der Waals surface area contributed by atoms with E-state index < -0.39 is 25.3 Å². The zero-order chi connectivity index (χ0) is 19.9. The maximum atomic E-state index is 13.0. The van der Waals surface area contributed by atoms with E-state index in [1.54, 1.807) is 5.62 Å². The molecule has 0 heterocycles. The molecule has 0 aliphatic carbocycles. The van der Waals surface area contributed by atoms with E-state index >= 15 is 0 Å². The number of hydrogen-bond donors (Lipinski definition) is 0. The van der Waals surface area contributed by atoms with Crippen LogP contribution in [0.4, 0.5) is 22.0 Å². The van der Waals surface area contributed by atoms with Gasteiger partial charge in [-0.1, -0.05) is 12.9 Å². The summed E-state index contributed by atoms with van der Waals surface area (Å²) in [6, 6.07) is 5.29. The number of alkyl halides is 5. The van der Waals surface area contributed by atoms with Crippen LogP contribution in [0.15, 0.2) is 24.3 Å². The van der Waals surface area contributed by atoms with Crippen molar-refractivity contribution >= 4 is 24.2 Å².